The van der Waals surface area contributed by atoms with Crippen molar-refractivity contribution in [3.8, 4) is 0 Å². The number of benzene rings is 1. The molecule has 3 fully saturated rings. The molecule has 0 N–H and O–H groups in total. The van der Waals surface area contributed by atoms with Crippen molar-refractivity contribution in [1.29, 1.82) is 0 Å². The third-order valence-corrected chi connectivity index (χ3v) is 6.94. The molecule has 152 valence electrons. The number of likely N-dealkylation sites (tertiary alicyclic amines) is 2. The van der Waals surface area contributed by atoms with Crippen molar-refractivity contribution in [2.24, 2.45) is 11.8 Å². The highest BCUT2D eigenvalue weighted by atomic mass is 19.1. The highest BCUT2D eigenvalue weighted by Crippen LogP contribution is 2.45. The lowest BCUT2D eigenvalue weighted by Crippen LogP contribution is -2.42. The molecular weight excluding hydrogens is 357 g/mol. The fourth-order valence-corrected chi connectivity index (χ4v) is 5.48. The SMILES string of the molecule is CC(=O)N1C[C@H]2CN(C(=O)CN(C)C3CCCC3)C[C@H]2[C@H]1c1cccc(F)c1. The minimum Gasteiger partial charge on any atom is -0.341 e. The van der Waals surface area contributed by atoms with Gasteiger partial charge in [0.25, 0.3) is 0 Å². The summed E-state index contributed by atoms with van der Waals surface area (Å²) in [5.74, 6) is 0.344. The maximum atomic E-state index is 13.8. The monoisotopic (exact) mass is 387 g/mol. The second kappa shape index (κ2) is 7.82. The second-order valence-corrected chi connectivity index (χ2v) is 8.75. The van der Waals surface area contributed by atoms with E-state index in [2.05, 4.69) is 11.9 Å². The third kappa shape index (κ3) is 3.66. The molecule has 1 saturated carbocycles. The fraction of sp³-hybridized carbons (Fsp3) is 0.636. The number of rotatable bonds is 4. The molecule has 1 aromatic carbocycles. The first kappa shape index (κ1) is 19.4. The zero-order valence-corrected chi connectivity index (χ0v) is 16.8. The summed E-state index contributed by atoms with van der Waals surface area (Å²) in [5.41, 5.74) is 0.833. The van der Waals surface area contributed by atoms with Gasteiger partial charge in [0.2, 0.25) is 11.8 Å². The van der Waals surface area contributed by atoms with Gasteiger partial charge >= 0.3 is 0 Å². The lowest BCUT2D eigenvalue weighted by Gasteiger charge is -2.30. The van der Waals surface area contributed by atoms with Gasteiger partial charge in [0.05, 0.1) is 12.6 Å². The first-order chi connectivity index (χ1) is 13.4. The lowest BCUT2D eigenvalue weighted by molar-refractivity contribution is -0.132. The van der Waals surface area contributed by atoms with E-state index < -0.39 is 0 Å². The van der Waals surface area contributed by atoms with E-state index >= 15 is 0 Å². The molecule has 2 aliphatic heterocycles. The molecule has 0 aromatic heterocycles. The average Bonchev–Trinajstić information content (AvgIpc) is 3.37. The van der Waals surface area contributed by atoms with E-state index in [1.807, 2.05) is 15.9 Å². The summed E-state index contributed by atoms with van der Waals surface area (Å²) in [6.07, 6.45) is 4.88. The van der Waals surface area contributed by atoms with Crippen molar-refractivity contribution in [2.75, 3.05) is 33.2 Å². The summed E-state index contributed by atoms with van der Waals surface area (Å²) in [6, 6.07) is 6.93. The Balaban J connectivity index is 1.46. The standard InChI is InChI=1S/C22H30FN3O2/c1-15(27)26-12-17-11-25(21(28)14-24(2)19-8-3-4-9-19)13-20(17)22(26)16-6-5-7-18(23)10-16/h5-7,10,17,19-20,22H,3-4,8-9,11-14H2,1-2H3/t17-,20-,22-/m1/s1. The first-order valence-electron chi connectivity index (χ1n) is 10.4. The topological polar surface area (TPSA) is 43.9 Å². The predicted molar refractivity (Wildman–Crippen MR) is 105 cm³/mol. The first-order valence-corrected chi connectivity index (χ1v) is 10.4. The molecule has 1 aromatic rings. The van der Waals surface area contributed by atoms with Crippen LogP contribution >= 0.6 is 0 Å². The molecule has 0 unspecified atom stereocenters. The van der Waals surface area contributed by atoms with Gasteiger partial charge < -0.3 is 9.80 Å². The van der Waals surface area contributed by atoms with E-state index in [1.54, 1.807) is 13.0 Å². The summed E-state index contributed by atoms with van der Waals surface area (Å²) in [6.45, 7) is 4.02. The largest absolute Gasteiger partial charge is 0.341 e. The molecule has 3 aliphatic rings. The molecule has 0 radical (unpaired) electrons. The summed E-state index contributed by atoms with van der Waals surface area (Å²) < 4.78 is 13.8. The molecule has 3 atom stereocenters. The molecule has 0 spiro atoms. The van der Waals surface area contributed by atoms with Crippen LogP contribution in [-0.2, 0) is 9.59 Å². The molecular formula is C22H30FN3O2. The van der Waals surface area contributed by atoms with Gasteiger partial charge in [-0.25, -0.2) is 4.39 Å². The maximum Gasteiger partial charge on any atom is 0.236 e. The number of hydrogen-bond acceptors (Lipinski definition) is 3. The van der Waals surface area contributed by atoms with E-state index in [1.165, 1.54) is 37.8 Å². The highest BCUT2D eigenvalue weighted by Gasteiger charge is 2.49. The van der Waals surface area contributed by atoms with Crippen LogP contribution in [0.25, 0.3) is 0 Å². The van der Waals surface area contributed by atoms with Crippen LogP contribution in [0.2, 0.25) is 0 Å². The van der Waals surface area contributed by atoms with Gasteiger partial charge in [-0.1, -0.05) is 25.0 Å². The van der Waals surface area contributed by atoms with Crippen LogP contribution in [0.1, 0.15) is 44.2 Å². The summed E-state index contributed by atoms with van der Waals surface area (Å²) >= 11 is 0. The van der Waals surface area contributed by atoms with Crippen LogP contribution < -0.4 is 0 Å². The van der Waals surface area contributed by atoms with Gasteiger partial charge in [-0.15, -0.1) is 0 Å². The van der Waals surface area contributed by atoms with Gasteiger partial charge in [0.15, 0.2) is 0 Å². The summed E-state index contributed by atoms with van der Waals surface area (Å²) in [5, 5.41) is 0. The van der Waals surface area contributed by atoms with Gasteiger partial charge in [-0.2, -0.15) is 0 Å². The van der Waals surface area contributed by atoms with Crippen LogP contribution in [0.4, 0.5) is 4.39 Å². The number of likely N-dealkylation sites (N-methyl/N-ethyl adjacent to an activating group) is 1. The molecule has 2 amide bonds. The molecule has 2 heterocycles. The van der Waals surface area contributed by atoms with E-state index in [0.29, 0.717) is 32.2 Å². The molecule has 1 aliphatic carbocycles. The van der Waals surface area contributed by atoms with Gasteiger partial charge in [0, 0.05) is 44.4 Å². The zero-order chi connectivity index (χ0) is 19.8. The third-order valence-electron chi connectivity index (χ3n) is 6.94. The van der Waals surface area contributed by atoms with Gasteiger partial charge in [-0.05, 0) is 37.6 Å². The van der Waals surface area contributed by atoms with Crippen molar-refractivity contribution in [1.82, 2.24) is 14.7 Å². The number of carbonyl (C=O) groups is 2. The molecule has 4 rings (SSSR count). The quantitative estimate of drug-likeness (QED) is 0.798. The van der Waals surface area contributed by atoms with E-state index in [4.69, 9.17) is 0 Å². The van der Waals surface area contributed by atoms with Crippen molar-refractivity contribution in [3.05, 3.63) is 35.6 Å². The number of fused-ring (bicyclic) bond motifs is 1. The normalized spacial score (nSPS) is 27.6. The van der Waals surface area contributed by atoms with Crippen LogP contribution in [-0.4, -0.2) is 65.8 Å². The Morgan fingerprint density at radius 1 is 1.18 bits per heavy atom. The molecule has 0 bridgehead atoms. The Bertz CT molecular complexity index is 749. The smallest absolute Gasteiger partial charge is 0.236 e. The van der Waals surface area contributed by atoms with Crippen LogP contribution in [0.5, 0.6) is 0 Å². The van der Waals surface area contributed by atoms with Crippen molar-refractivity contribution < 1.29 is 14.0 Å². The predicted octanol–water partition coefficient (Wildman–Crippen LogP) is 2.68. The van der Waals surface area contributed by atoms with Gasteiger partial charge in [0.1, 0.15) is 5.82 Å². The minimum absolute atomic E-state index is 0.0162. The second-order valence-electron chi connectivity index (χ2n) is 8.75. The number of nitrogens with zero attached hydrogens (tertiary/aromatic N) is 3. The van der Waals surface area contributed by atoms with Crippen molar-refractivity contribution in [3.63, 3.8) is 0 Å². The molecule has 6 heteroatoms. The number of amides is 2. The Kier molecular flexibility index (Phi) is 5.41. The number of carbonyl (C=O) groups excluding carboxylic acids is 2. The summed E-state index contributed by atoms with van der Waals surface area (Å²) in [4.78, 5) is 31.1. The Morgan fingerprint density at radius 2 is 1.93 bits per heavy atom. The Morgan fingerprint density at radius 3 is 2.61 bits per heavy atom. The highest BCUT2D eigenvalue weighted by molar-refractivity contribution is 5.79. The van der Waals surface area contributed by atoms with Gasteiger partial charge in [-0.3, -0.25) is 14.5 Å². The zero-order valence-electron chi connectivity index (χ0n) is 16.8. The lowest BCUT2D eigenvalue weighted by atomic mass is 9.89. The Labute approximate surface area is 166 Å². The van der Waals surface area contributed by atoms with Crippen LogP contribution in [0, 0.1) is 17.7 Å². The minimum atomic E-state index is -0.284. The Hall–Kier alpha value is -1.95. The molecule has 28 heavy (non-hydrogen) atoms. The number of halogens is 1. The average molecular weight is 387 g/mol. The van der Waals surface area contributed by atoms with Crippen LogP contribution in [0.15, 0.2) is 24.3 Å². The fourth-order valence-electron chi connectivity index (χ4n) is 5.48. The molecule has 5 nitrogen and oxygen atoms in total. The van der Waals surface area contributed by atoms with E-state index in [0.717, 1.165) is 5.56 Å². The van der Waals surface area contributed by atoms with Crippen molar-refractivity contribution in [2.45, 2.75) is 44.7 Å². The summed E-state index contributed by atoms with van der Waals surface area (Å²) in [7, 11) is 2.05. The van der Waals surface area contributed by atoms with Crippen LogP contribution in [0.3, 0.4) is 0 Å². The number of hydrogen-bond donors (Lipinski definition) is 0. The van der Waals surface area contributed by atoms with E-state index in [-0.39, 0.29) is 35.5 Å². The maximum absolute atomic E-state index is 13.8. The van der Waals surface area contributed by atoms with E-state index in [9.17, 15) is 14.0 Å². The molecule has 2 saturated heterocycles. The van der Waals surface area contributed by atoms with Crippen molar-refractivity contribution >= 4 is 11.8 Å².